The minimum Gasteiger partial charge on any atom is -0.508 e. The second kappa shape index (κ2) is 7.05. The van der Waals surface area contributed by atoms with Crippen LogP contribution in [0.15, 0.2) is 24.3 Å². The summed E-state index contributed by atoms with van der Waals surface area (Å²) in [5.74, 6) is -1.50. The zero-order chi connectivity index (χ0) is 16.0. The van der Waals surface area contributed by atoms with Gasteiger partial charge in [-0.25, -0.2) is 0 Å². The number of nitrogens with two attached hydrogens (primary N) is 1. The number of aliphatic hydroxyl groups is 1. The smallest absolute Gasteiger partial charge is 0.306 e. The maximum absolute atomic E-state index is 11.8. The Morgan fingerprint density at radius 2 is 1.90 bits per heavy atom. The summed E-state index contributed by atoms with van der Waals surface area (Å²) in [5.41, 5.74) is 5.00. The van der Waals surface area contributed by atoms with Crippen LogP contribution in [-0.2, 0) is 16.0 Å². The number of hydrogen-bond donors (Lipinski definition) is 5. The summed E-state index contributed by atoms with van der Waals surface area (Å²) >= 11 is 0. The lowest BCUT2D eigenvalue weighted by atomic mass is 10.0. The molecule has 21 heavy (non-hydrogen) atoms. The van der Waals surface area contributed by atoms with Gasteiger partial charge in [0.2, 0.25) is 5.91 Å². The molecular formula is C14H20N2O5. The normalized spacial score (nSPS) is 15.0. The summed E-state index contributed by atoms with van der Waals surface area (Å²) in [6.45, 7) is 1.13. The largest absolute Gasteiger partial charge is 0.508 e. The molecule has 1 amide bonds. The zero-order valence-corrected chi connectivity index (χ0v) is 11.7. The summed E-state index contributed by atoms with van der Waals surface area (Å²) in [6, 6.07) is 5.48. The average molecular weight is 296 g/mol. The highest BCUT2D eigenvalue weighted by atomic mass is 16.4. The lowest BCUT2D eigenvalue weighted by molar-refractivity contribution is -0.142. The number of carboxylic acids is 1. The van der Waals surface area contributed by atoms with Crippen molar-refractivity contribution >= 4 is 11.9 Å². The van der Waals surface area contributed by atoms with Crippen molar-refractivity contribution in [2.45, 2.75) is 31.4 Å². The quantitative estimate of drug-likeness (QED) is 0.465. The molecule has 0 radical (unpaired) electrons. The number of benzene rings is 1. The molecule has 0 heterocycles. The molecule has 1 aromatic carbocycles. The van der Waals surface area contributed by atoms with Crippen LogP contribution in [0.25, 0.3) is 0 Å². The fourth-order valence-electron chi connectivity index (χ4n) is 1.78. The third kappa shape index (κ3) is 6.24. The van der Waals surface area contributed by atoms with Crippen molar-refractivity contribution < 1.29 is 24.9 Å². The number of hydrogen-bond acceptors (Lipinski definition) is 5. The van der Waals surface area contributed by atoms with Gasteiger partial charge in [-0.3, -0.25) is 9.59 Å². The van der Waals surface area contributed by atoms with E-state index in [4.69, 9.17) is 15.9 Å². The van der Waals surface area contributed by atoms with Crippen molar-refractivity contribution in [2.75, 3.05) is 6.54 Å². The molecule has 0 saturated carbocycles. The molecule has 0 aliphatic heterocycles. The van der Waals surface area contributed by atoms with Gasteiger partial charge in [0.05, 0.1) is 18.1 Å². The molecule has 0 spiro atoms. The molecule has 0 aliphatic rings. The topological polar surface area (TPSA) is 133 Å². The highest BCUT2D eigenvalue weighted by Crippen LogP contribution is 2.11. The predicted octanol–water partition coefficient (Wildman–Crippen LogP) is -0.396. The highest BCUT2D eigenvalue weighted by molar-refractivity contribution is 5.82. The Bertz CT molecular complexity index is 499. The summed E-state index contributed by atoms with van der Waals surface area (Å²) in [6.07, 6.45) is -0.201. The number of phenolic OH excluding ortho intramolecular Hbond substituents is 1. The first-order valence-corrected chi connectivity index (χ1v) is 6.45. The third-order valence-corrected chi connectivity index (χ3v) is 2.90. The van der Waals surface area contributed by atoms with E-state index in [1.807, 2.05) is 0 Å². The number of aromatic hydroxyl groups is 1. The van der Waals surface area contributed by atoms with E-state index in [1.165, 1.54) is 19.1 Å². The second-order valence-electron chi connectivity index (χ2n) is 5.26. The van der Waals surface area contributed by atoms with Gasteiger partial charge in [0.25, 0.3) is 0 Å². The van der Waals surface area contributed by atoms with Gasteiger partial charge in [-0.05, 0) is 31.0 Å². The van der Waals surface area contributed by atoms with Gasteiger partial charge in [0, 0.05) is 6.54 Å². The van der Waals surface area contributed by atoms with Crippen molar-refractivity contribution in [3.05, 3.63) is 29.8 Å². The summed E-state index contributed by atoms with van der Waals surface area (Å²) < 4.78 is 0. The Labute approximate surface area is 122 Å². The van der Waals surface area contributed by atoms with E-state index in [0.717, 1.165) is 5.56 Å². The van der Waals surface area contributed by atoms with Crippen LogP contribution in [0.2, 0.25) is 0 Å². The third-order valence-electron chi connectivity index (χ3n) is 2.90. The maximum Gasteiger partial charge on any atom is 0.306 e. The Kier molecular flexibility index (Phi) is 5.69. The fourth-order valence-corrected chi connectivity index (χ4v) is 1.78. The van der Waals surface area contributed by atoms with Gasteiger partial charge in [0.1, 0.15) is 5.75 Å². The van der Waals surface area contributed by atoms with Crippen LogP contribution in [0.3, 0.4) is 0 Å². The molecule has 6 N–H and O–H groups in total. The Morgan fingerprint density at radius 3 is 2.43 bits per heavy atom. The van der Waals surface area contributed by atoms with E-state index in [2.05, 4.69) is 5.32 Å². The molecule has 0 fully saturated rings. The van der Waals surface area contributed by atoms with Crippen molar-refractivity contribution in [3.63, 3.8) is 0 Å². The maximum atomic E-state index is 11.8. The minimum absolute atomic E-state index is 0.126. The van der Waals surface area contributed by atoms with Crippen molar-refractivity contribution in [3.8, 4) is 5.75 Å². The van der Waals surface area contributed by atoms with Crippen LogP contribution in [0.1, 0.15) is 18.9 Å². The first-order valence-electron chi connectivity index (χ1n) is 6.45. The molecule has 1 aromatic rings. The Morgan fingerprint density at radius 1 is 1.33 bits per heavy atom. The first-order chi connectivity index (χ1) is 9.69. The predicted molar refractivity (Wildman–Crippen MR) is 75.7 cm³/mol. The van der Waals surface area contributed by atoms with E-state index < -0.39 is 29.9 Å². The zero-order valence-electron chi connectivity index (χ0n) is 11.7. The standard InChI is InChI=1S/C14H20N2O5/c1-14(21,7-12(18)19)8-16-13(20)11(15)6-9-2-4-10(17)5-3-9/h2-5,11,17,21H,6-8,15H2,1H3,(H,16,20)(H,18,19)/t11-,14?/m0/s1. The van der Waals surface area contributed by atoms with Crippen LogP contribution >= 0.6 is 0 Å². The number of nitrogens with one attached hydrogen (secondary N) is 1. The highest BCUT2D eigenvalue weighted by Gasteiger charge is 2.26. The van der Waals surface area contributed by atoms with Gasteiger partial charge in [-0.1, -0.05) is 12.1 Å². The number of carboxylic acid groups (broad SMARTS) is 1. The van der Waals surface area contributed by atoms with Crippen LogP contribution < -0.4 is 11.1 Å². The van der Waals surface area contributed by atoms with Crippen LogP contribution in [0, 0.1) is 0 Å². The molecule has 2 atom stereocenters. The van der Waals surface area contributed by atoms with Crippen LogP contribution in [0.5, 0.6) is 5.75 Å². The second-order valence-corrected chi connectivity index (χ2v) is 5.26. The van der Waals surface area contributed by atoms with Gasteiger partial charge in [-0.2, -0.15) is 0 Å². The van der Waals surface area contributed by atoms with Crippen molar-refractivity contribution in [1.82, 2.24) is 5.32 Å². The molecule has 116 valence electrons. The number of carbonyl (C=O) groups is 2. The monoisotopic (exact) mass is 296 g/mol. The fraction of sp³-hybridized carbons (Fsp3) is 0.429. The van der Waals surface area contributed by atoms with Crippen LogP contribution in [-0.4, -0.2) is 45.4 Å². The number of rotatable bonds is 7. The van der Waals surface area contributed by atoms with Crippen molar-refractivity contribution in [2.24, 2.45) is 5.73 Å². The summed E-state index contributed by atoms with van der Waals surface area (Å²) in [7, 11) is 0. The molecule has 1 unspecified atom stereocenters. The van der Waals surface area contributed by atoms with Gasteiger partial charge >= 0.3 is 5.97 Å². The Balaban J connectivity index is 2.47. The van der Waals surface area contributed by atoms with E-state index in [9.17, 15) is 14.7 Å². The lowest BCUT2D eigenvalue weighted by Crippen LogP contribution is -2.48. The average Bonchev–Trinajstić information content (AvgIpc) is 2.37. The summed E-state index contributed by atoms with van der Waals surface area (Å²) in [4.78, 5) is 22.3. The number of amides is 1. The molecular weight excluding hydrogens is 276 g/mol. The van der Waals surface area contributed by atoms with E-state index >= 15 is 0 Å². The number of carbonyl (C=O) groups excluding carboxylic acids is 1. The molecule has 0 saturated heterocycles. The van der Waals surface area contributed by atoms with E-state index in [-0.39, 0.29) is 18.7 Å². The van der Waals surface area contributed by atoms with Crippen molar-refractivity contribution in [1.29, 1.82) is 0 Å². The molecule has 0 bridgehead atoms. The molecule has 7 heteroatoms. The summed E-state index contributed by atoms with van der Waals surface area (Å²) in [5, 5.41) is 30.0. The van der Waals surface area contributed by atoms with Crippen LogP contribution in [0.4, 0.5) is 0 Å². The Hall–Kier alpha value is -2.12. The molecule has 7 nitrogen and oxygen atoms in total. The van der Waals surface area contributed by atoms with E-state index in [1.54, 1.807) is 12.1 Å². The van der Waals surface area contributed by atoms with Gasteiger partial charge < -0.3 is 26.4 Å². The number of aliphatic carboxylic acids is 1. The van der Waals surface area contributed by atoms with Gasteiger partial charge in [0.15, 0.2) is 0 Å². The number of phenols is 1. The van der Waals surface area contributed by atoms with E-state index in [0.29, 0.717) is 0 Å². The SMILES string of the molecule is CC(O)(CNC(=O)[C@@H](N)Cc1ccc(O)cc1)CC(=O)O. The van der Waals surface area contributed by atoms with Gasteiger partial charge in [-0.15, -0.1) is 0 Å². The molecule has 1 rings (SSSR count). The first kappa shape index (κ1) is 16.9. The minimum atomic E-state index is -1.53. The molecule has 0 aromatic heterocycles. The molecule has 0 aliphatic carbocycles. The lowest BCUT2D eigenvalue weighted by Gasteiger charge is -2.22.